The van der Waals surface area contributed by atoms with E-state index in [0.29, 0.717) is 18.0 Å². The van der Waals surface area contributed by atoms with E-state index in [4.69, 9.17) is 0 Å². The van der Waals surface area contributed by atoms with E-state index >= 15 is 0 Å². The number of piperidine rings is 3. The summed E-state index contributed by atoms with van der Waals surface area (Å²) in [6.45, 7) is 3.35. The highest BCUT2D eigenvalue weighted by Gasteiger charge is 2.46. The Kier molecular flexibility index (Phi) is 6.98. The van der Waals surface area contributed by atoms with Gasteiger partial charge in [0.25, 0.3) is 0 Å². The second-order valence-electron chi connectivity index (χ2n) is 10.5. The summed E-state index contributed by atoms with van der Waals surface area (Å²) in [7, 11) is 0. The van der Waals surface area contributed by atoms with Crippen LogP contribution in [0.1, 0.15) is 46.6 Å². The van der Waals surface area contributed by atoms with Gasteiger partial charge in [0.2, 0.25) is 0 Å². The van der Waals surface area contributed by atoms with Crippen LogP contribution in [0.2, 0.25) is 0 Å². The first-order valence-electron chi connectivity index (χ1n) is 13.5. The van der Waals surface area contributed by atoms with Gasteiger partial charge in [0.15, 0.2) is 0 Å². The van der Waals surface area contributed by atoms with Crippen LogP contribution < -0.4 is 5.32 Å². The first kappa shape index (κ1) is 23.2. The Morgan fingerprint density at radius 2 is 1.17 bits per heavy atom. The summed E-state index contributed by atoms with van der Waals surface area (Å²) in [6.07, 6.45) is 3.59. The fourth-order valence-electron chi connectivity index (χ4n) is 6.64. The van der Waals surface area contributed by atoms with Gasteiger partial charge in [-0.05, 0) is 66.1 Å². The Labute approximate surface area is 216 Å². The molecular weight excluding hydrogens is 436 g/mol. The van der Waals surface area contributed by atoms with Crippen LogP contribution in [0.15, 0.2) is 115 Å². The molecule has 7 rings (SSSR count). The lowest BCUT2D eigenvalue weighted by atomic mass is 9.70. The van der Waals surface area contributed by atoms with Crippen LogP contribution >= 0.6 is 0 Å². The van der Waals surface area contributed by atoms with Gasteiger partial charge in [0.1, 0.15) is 0 Å². The van der Waals surface area contributed by atoms with Crippen molar-refractivity contribution in [3.05, 3.63) is 143 Å². The van der Waals surface area contributed by atoms with Crippen molar-refractivity contribution in [1.82, 2.24) is 10.2 Å². The van der Waals surface area contributed by atoms with E-state index in [1.165, 1.54) is 53.7 Å². The minimum Gasteiger partial charge on any atom is -0.308 e. The Bertz CT molecular complexity index is 1190. The molecule has 182 valence electrons. The number of hydrogen-bond acceptors (Lipinski definition) is 2. The van der Waals surface area contributed by atoms with Gasteiger partial charge < -0.3 is 5.32 Å². The van der Waals surface area contributed by atoms with Gasteiger partial charge in [-0.3, -0.25) is 4.90 Å². The van der Waals surface area contributed by atoms with Crippen molar-refractivity contribution < 1.29 is 0 Å². The minimum atomic E-state index is 0.368. The van der Waals surface area contributed by atoms with Gasteiger partial charge in [0.05, 0.1) is 0 Å². The normalized spacial score (nSPS) is 23.1. The highest BCUT2D eigenvalue weighted by atomic mass is 15.2. The molecule has 0 radical (unpaired) electrons. The van der Waals surface area contributed by atoms with Gasteiger partial charge in [-0.15, -0.1) is 0 Å². The van der Waals surface area contributed by atoms with Gasteiger partial charge in [-0.2, -0.15) is 0 Å². The number of rotatable bonds is 8. The first-order chi connectivity index (χ1) is 17.9. The Balaban J connectivity index is 1.30. The second kappa shape index (κ2) is 10.8. The molecule has 1 N–H and O–H groups in total. The van der Waals surface area contributed by atoms with Crippen molar-refractivity contribution >= 4 is 0 Å². The minimum absolute atomic E-state index is 0.368. The van der Waals surface area contributed by atoms with Gasteiger partial charge in [-0.1, -0.05) is 115 Å². The predicted molar refractivity (Wildman–Crippen MR) is 149 cm³/mol. The zero-order chi connectivity index (χ0) is 24.2. The summed E-state index contributed by atoms with van der Waals surface area (Å²) in [5.74, 6) is 1.10. The predicted octanol–water partition coefficient (Wildman–Crippen LogP) is 6.66. The molecule has 4 aromatic carbocycles. The van der Waals surface area contributed by atoms with Gasteiger partial charge in [-0.25, -0.2) is 0 Å². The summed E-state index contributed by atoms with van der Waals surface area (Å²) >= 11 is 0. The molecule has 3 aliphatic rings. The smallest absolute Gasteiger partial charge is 0.0361 e. The molecule has 36 heavy (non-hydrogen) atoms. The average molecular weight is 473 g/mol. The molecule has 4 aromatic rings. The number of nitrogens with zero attached hydrogens (tertiary/aromatic N) is 1. The zero-order valence-corrected chi connectivity index (χ0v) is 21.0. The molecule has 2 heteroatoms. The molecule has 0 spiro atoms. The highest BCUT2D eigenvalue weighted by molar-refractivity contribution is 5.37. The maximum Gasteiger partial charge on any atom is 0.0361 e. The van der Waals surface area contributed by atoms with Crippen molar-refractivity contribution in [3.63, 3.8) is 0 Å². The zero-order valence-electron chi connectivity index (χ0n) is 21.0. The van der Waals surface area contributed by atoms with E-state index in [1.807, 2.05) is 0 Å². The first-order valence-corrected chi connectivity index (χ1v) is 13.5. The standard InChI is InChI=1S/C34H36N2/c1-4-12-26(13-5-1)24-30-18-10-11-19-31(30)25-35-33-29-20-22-36(23-21-29)34(33)32(27-14-6-2-7-15-27)28-16-8-3-9-17-28/h1-19,29,32-35H,20-25H2. The van der Waals surface area contributed by atoms with Crippen molar-refractivity contribution in [2.45, 2.75) is 43.8 Å². The summed E-state index contributed by atoms with van der Waals surface area (Å²) in [6, 6.07) is 43.1. The van der Waals surface area contributed by atoms with Gasteiger partial charge in [0, 0.05) is 24.5 Å². The maximum absolute atomic E-state index is 4.12. The highest BCUT2D eigenvalue weighted by Crippen LogP contribution is 2.42. The average Bonchev–Trinajstić information content (AvgIpc) is 2.95. The SMILES string of the molecule is c1ccc(Cc2ccccc2CNC2C3CCN(CC3)C2C(c2ccccc2)c2ccccc2)cc1. The lowest BCUT2D eigenvalue weighted by Crippen LogP contribution is -2.64. The van der Waals surface area contributed by atoms with Crippen molar-refractivity contribution in [3.8, 4) is 0 Å². The van der Waals surface area contributed by atoms with Crippen molar-refractivity contribution in [1.29, 1.82) is 0 Å². The largest absolute Gasteiger partial charge is 0.308 e. The quantitative estimate of drug-likeness (QED) is 0.308. The van der Waals surface area contributed by atoms with Crippen LogP contribution in [-0.2, 0) is 13.0 Å². The topological polar surface area (TPSA) is 15.3 Å². The lowest BCUT2D eigenvalue weighted by Gasteiger charge is -2.54. The van der Waals surface area contributed by atoms with Gasteiger partial charge >= 0.3 is 0 Å². The molecule has 3 heterocycles. The monoisotopic (exact) mass is 472 g/mol. The van der Waals surface area contributed by atoms with E-state index < -0.39 is 0 Å². The lowest BCUT2D eigenvalue weighted by molar-refractivity contribution is 0.00466. The molecule has 2 unspecified atom stereocenters. The third-order valence-corrected chi connectivity index (χ3v) is 8.41. The summed E-state index contributed by atoms with van der Waals surface area (Å²) in [5.41, 5.74) is 7.08. The Hall–Kier alpha value is -3.20. The van der Waals surface area contributed by atoms with Crippen LogP contribution in [0.4, 0.5) is 0 Å². The Morgan fingerprint density at radius 1 is 0.639 bits per heavy atom. The van der Waals surface area contributed by atoms with E-state index in [-0.39, 0.29) is 0 Å². The van der Waals surface area contributed by atoms with Crippen LogP contribution in [0, 0.1) is 5.92 Å². The van der Waals surface area contributed by atoms with E-state index in [0.717, 1.165) is 18.9 Å². The van der Waals surface area contributed by atoms with Crippen molar-refractivity contribution in [2.24, 2.45) is 5.92 Å². The molecule has 3 saturated heterocycles. The second-order valence-corrected chi connectivity index (χ2v) is 10.5. The van der Waals surface area contributed by atoms with Crippen LogP contribution in [-0.4, -0.2) is 30.1 Å². The molecule has 0 aliphatic carbocycles. The Morgan fingerprint density at radius 3 is 1.78 bits per heavy atom. The number of fused-ring (bicyclic) bond motifs is 3. The fraction of sp³-hybridized carbons (Fsp3) is 0.294. The summed E-state index contributed by atoms with van der Waals surface area (Å²) in [5, 5.41) is 4.12. The molecule has 0 amide bonds. The molecule has 2 bridgehead atoms. The summed E-state index contributed by atoms with van der Waals surface area (Å²) in [4.78, 5) is 2.78. The molecule has 3 aliphatic heterocycles. The fourth-order valence-corrected chi connectivity index (χ4v) is 6.64. The van der Waals surface area contributed by atoms with Crippen LogP contribution in [0.25, 0.3) is 0 Å². The number of nitrogens with one attached hydrogen (secondary N) is 1. The number of hydrogen-bond donors (Lipinski definition) is 1. The molecule has 3 fully saturated rings. The molecule has 0 saturated carbocycles. The molecule has 2 nitrogen and oxygen atoms in total. The van der Waals surface area contributed by atoms with Crippen LogP contribution in [0.5, 0.6) is 0 Å². The third kappa shape index (κ3) is 4.89. The van der Waals surface area contributed by atoms with E-state index in [2.05, 4.69) is 125 Å². The third-order valence-electron chi connectivity index (χ3n) is 8.41. The van der Waals surface area contributed by atoms with E-state index in [1.54, 1.807) is 0 Å². The summed E-state index contributed by atoms with van der Waals surface area (Å²) < 4.78 is 0. The molecule has 0 aromatic heterocycles. The maximum atomic E-state index is 4.12. The molecular formula is C34H36N2. The molecule has 2 atom stereocenters. The van der Waals surface area contributed by atoms with Crippen LogP contribution in [0.3, 0.4) is 0 Å². The van der Waals surface area contributed by atoms with Crippen molar-refractivity contribution in [2.75, 3.05) is 13.1 Å². The van der Waals surface area contributed by atoms with E-state index in [9.17, 15) is 0 Å². The number of benzene rings is 4.